The summed E-state index contributed by atoms with van der Waals surface area (Å²) in [6, 6.07) is 0. The molecule has 2 rings (SSSR count). The third-order valence-electron chi connectivity index (χ3n) is 4.03. The molecule has 2 heteroatoms. The van der Waals surface area contributed by atoms with Gasteiger partial charge >= 0.3 is 0 Å². The lowest BCUT2D eigenvalue weighted by atomic mass is 9.85. The molecule has 2 aliphatic rings. The zero-order chi connectivity index (χ0) is 9.31. The van der Waals surface area contributed by atoms with Crippen LogP contribution in [0.1, 0.15) is 32.6 Å². The highest BCUT2D eigenvalue weighted by molar-refractivity contribution is 7.80. The quantitative estimate of drug-likeness (QED) is 0.669. The van der Waals surface area contributed by atoms with Gasteiger partial charge in [-0.2, -0.15) is 12.6 Å². The average molecular weight is 199 g/mol. The van der Waals surface area contributed by atoms with Crippen LogP contribution in [-0.2, 0) is 0 Å². The molecule has 0 amide bonds. The minimum absolute atomic E-state index is 0.712. The van der Waals surface area contributed by atoms with Crippen LogP contribution in [0.15, 0.2) is 0 Å². The van der Waals surface area contributed by atoms with E-state index in [1.807, 2.05) is 0 Å². The fourth-order valence-electron chi connectivity index (χ4n) is 3.15. The van der Waals surface area contributed by atoms with E-state index in [1.165, 1.54) is 45.3 Å². The van der Waals surface area contributed by atoms with E-state index >= 15 is 0 Å². The van der Waals surface area contributed by atoms with Gasteiger partial charge in [-0.3, -0.25) is 0 Å². The van der Waals surface area contributed by atoms with Crippen molar-refractivity contribution in [2.75, 3.05) is 25.4 Å². The molecule has 2 fully saturated rings. The van der Waals surface area contributed by atoms with E-state index in [-0.39, 0.29) is 0 Å². The molecule has 1 nitrogen and oxygen atoms in total. The van der Waals surface area contributed by atoms with Gasteiger partial charge in [0, 0.05) is 6.54 Å². The Kier molecular flexibility index (Phi) is 2.89. The lowest BCUT2D eigenvalue weighted by Crippen LogP contribution is -2.25. The van der Waals surface area contributed by atoms with E-state index in [0.717, 1.165) is 11.7 Å². The maximum absolute atomic E-state index is 4.42. The molecule has 0 unspecified atom stereocenters. The molecule has 0 N–H and O–H groups in total. The third kappa shape index (κ3) is 1.89. The van der Waals surface area contributed by atoms with Crippen molar-refractivity contribution in [3.05, 3.63) is 0 Å². The number of hydrogen-bond donors (Lipinski definition) is 1. The molecule has 1 saturated heterocycles. The van der Waals surface area contributed by atoms with Crippen LogP contribution >= 0.6 is 12.6 Å². The van der Waals surface area contributed by atoms with Crippen molar-refractivity contribution in [2.24, 2.45) is 11.3 Å². The largest absolute Gasteiger partial charge is 0.303 e. The summed E-state index contributed by atoms with van der Waals surface area (Å²) < 4.78 is 0. The van der Waals surface area contributed by atoms with E-state index in [0.29, 0.717) is 5.41 Å². The van der Waals surface area contributed by atoms with E-state index in [4.69, 9.17) is 0 Å². The Balaban J connectivity index is 1.93. The number of hydrogen-bond acceptors (Lipinski definition) is 2. The number of thiol groups is 1. The topological polar surface area (TPSA) is 3.24 Å². The second-order valence-corrected chi connectivity index (χ2v) is 5.28. The summed E-state index contributed by atoms with van der Waals surface area (Å²) in [5, 5.41) is 0. The van der Waals surface area contributed by atoms with Gasteiger partial charge in [-0.25, -0.2) is 0 Å². The molecule has 0 radical (unpaired) electrons. The van der Waals surface area contributed by atoms with Crippen molar-refractivity contribution in [2.45, 2.75) is 32.6 Å². The highest BCUT2D eigenvalue weighted by atomic mass is 32.1. The van der Waals surface area contributed by atoms with Crippen LogP contribution in [0.25, 0.3) is 0 Å². The predicted molar refractivity (Wildman–Crippen MR) is 60.4 cm³/mol. The highest BCUT2D eigenvalue weighted by Crippen LogP contribution is 2.48. The van der Waals surface area contributed by atoms with Crippen LogP contribution in [0, 0.1) is 11.3 Å². The maximum atomic E-state index is 4.42. The van der Waals surface area contributed by atoms with Crippen molar-refractivity contribution in [1.82, 2.24) is 4.90 Å². The molecule has 0 aromatic carbocycles. The Morgan fingerprint density at radius 1 is 1.46 bits per heavy atom. The SMILES string of the molecule is CCN1CC[C@@]2(CC[C@H](CS)C2)C1. The van der Waals surface area contributed by atoms with Crippen molar-refractivity contribution >= 4 is 12.6 Å². The Morgan fingerprint density at radius 3 is 2.85 bits per heavy atom. The van der Waals surface area contributed by atoms with E-state index in [1.54, 1.807) is 0 Å². The van der Waals surface area contributed by atoms with Crippen molar-refractivity contribution in [3.8, 4) is 0 Å². The molecule has 1 spiro atoms. The molecule has 13 heavy (non-hydrogen) atoms. The van der Waals surface area contributed by atoms with Crippen LogP contribution in [-0.4, -0.2) is 30.3 Å². The van der Waals surface area contributed by atoms with Gasteiger partial charge in [0.15, 0.2) is 0 Å². The highest BCUT2D eigenvalue weighted by Gasteiger charge is 2.42. The zero-order valence-corrected chi connectivity index (χ0v) is 9.52. The first-order valence-electron chi connectivity index (χ1n) is 5.61. The third-order valence-corrected chi connectivity index (χ3v) is 4.54. The van der Waals surface area contributed by atoms with Crippen LogP contribution in [0.2, 0.25) is 0 Å². The lowest BCUT2D eigenvalue weighted by Gasteiger charge is -2.23. The number of rotatable bonds is 2. The van der Waals surface area contributed by atoms with Gasteiger partial charge in [0.2, 0.25) is 0 Å². The van der Waals surface area contributed by atoms with Gasteiger partial charge < -0.3 is 4.90 Å². The summed E-state index contributed by atoms with van der Waals surface area (Å²) in [7, 11) is 0. The zero-order valence-electron chi connectivity index (χ0n) is 8.63. The predicted octanol–water partition coefficient (Wildman–Crippen LogP) is 2.43. The summed E-state index contributed by atoms with van der Waals surface area (Å²) in [5.41, 5.74) is 0.712. The average Bonchev–Trinajstić information content (AvgIpc) is 2.74. The first-order chi connectivity index (χ1) is 6.28. The minimum atomic E-state index is 0.712. The first-order valence-corrected chi connectivity index (χ1v) is 6.24. The first kappa shape index (κ1) is 9.85. The van der Waals surface area contributed by atoms with Crippen molar-refractivity contribution < 1.29 is 0 Å². The Morgan fingerprint density at radius 2 is 2.31 bits per heavy atom. The Bertz CT molecular complexity index is 161. The second-order valence-electron chi connectivity index (χ2n) is 4.91. The molecular formula is C11H21NS. The normalized spacial score (nSPS) is 40.6. The molecule has 0 aromatic rings. The Labute approximate surface area is 87.3 Å². The molecule has 0 aromatic heterocycles. The smallest absolute Gasteiger partial charge is 0.00384 e. The summed E-state index contributed by atoms with van der Waals surface area (Å²) in [6.45, 7) is 6.24. The molecule has 1 aliphatic carbocycles. The summed E-state index contributed by atoms with van der Waals surface area (Å²) in [5.74, 6) is 2.02. The van der Waals surface area contributed by atoms with E-state index < -0.39 is 0 Å². The maximum Gasteiger partial charge on any atom is 0.00384 e. The van der Waals surface area contributed by atoms with Crippen molar-refractivity contribution in [3.63, 3.8) is 0 Å². The number of nitrogens with zero attached hydrogens (tertiary/aromatic N) is 1. The van der Waals surface area contributed by atoms with Gasteiger partial charge in [0.25, 0.3) is 0 Å². The van der Waals surface area contributed by atoms with Gasteiger partial charge in [-0.05, 0) is 55.9 Å². The molecule has 2 atom stereocenters. The van der Waals surface area contributed by atoms with Crippen LogP contribution in [0.3, 0.4) is 0 Å². The van der Waals surface area contributed by atoms with Crippen LogP contribution in [0.4, 0.5) is 0 Å². The summed E-state index contributed by atoms with van der Waals surface area (Å²) in [6.07, 6.45) is 5.80. The molecular weight excluding hydrogens is 178 g/mol. The van der Waals surface area contributed by atoms with Crippen molar-refractivity contribution in [1.29, 1.82) is 0 Å². The van der Waals surface area contributed by atoms with E-state index in [9.17, 15) is 0 Å². The Hall–Kier alpha value is 0.310. The summed E-state index contributed by atoms with van der Waals surface area (Å²) in [4.78, 5) is 2.61. The molecule has 1 heterocycles. The second kappa shape index (κ2) is 3.82. The number of likely N-dealkylation sites (tertiary alicyclic amines) is 1. The van der Waals surface area contributed by atoms with Crippen LogP contribution in [0.5, 0.6) is 0 Å². The summed E-state index contributed by atoms with van der Waals surface area (Å²) >= 11 is 4.42. The monoisotopic (exact) mass is 199 g/mol. The van der Waals surface area contributed by atoms with Gasteiger partial charge in [0.1, 0.15) is 0 Å². The fourth-order valence-corrected chi connectivity index (χ4v) is 3.46. The van der Waals surface area contributed by atoms with Gasteiger partial charge in [-0.1, -0.05) is 6.92 Å². The van der Waals surface area contributed by atoms with E-state index in [2.05, 4.69) is 24.5 Å². The molecule has 1 aliphatic heterocycles. The molecule has 1 saturated carbocycles. The van der Waals surface area contributed by atoms with Gasteiger partial charge in [0.05, 0.1) is 0 Å². The van der Waals surface area contributed by atoms with Gasteiger partial charge in [-0.15, -0.1) is 0 Å². The fraction of sp³-hybridized carbons (Fsp3) is 1.00. The lowest BCUT2D eigenvalue weighted by molar-refractivity contribution is 0.263. The minimum Gasteiger partial charge on any atom is -0.303 e. The van der Waals surface area contributed by atoms with Crippen LogP contribution < -0.4 is 0 Å². The standard InChI is InChI=1S/C11H21NS/c1-2-12-6-5-11(9-12)4-3-10(7-11)8-13/h10,13H,2-9H2,1H3/t10-,11+/m0/s1. The molecule has 0 bridgehead atoms. The molecule has 76 valence electrons.